The Morgan fingerprint density at radius 1 is 0.706 bits per heavy atom. The molecule has 68 heavy (non-hydrogen) atoms. The third kappa shape index (κ3) is 10.9. The summed E-state index contributed by atoms with van der Waals surface area (Å²) in [6.45, 7) is 5.30. The van der Waals surface area contributed by atoms with E-state index in [1.165, 1.54) is 23.8 Å². The molecular weight excluding hydrogens is 897 g/mol. The highest BCUT2D eigenvalue weighted by Crippen LogP contribution is 2.40. The molecule has 360 valence electrons. The lowest BCUT2D eigenvalue weighted by atomic mass is 9.94. The van der Waals surface area contributed by atoms with E-state index in [0.717, 1.165) is 87.0 Å². The third-order valence-corrected chi connectivity index (χ3v) is 13.5. The first-order valence-corrected chi connectivity index (χ1v) is 24.6. The molecule has 0 saturated heterocycles. The summed E-state index contributed by atoms with van der Waals surface area (Å²) < 4.78 is 62.6. The van der Waals surface area contributed by atoms with Crippen LogP contribution >= 0.6 is 22.7 Å². The number of nitrogens with one attached hydrogen (secondary N) is 2. The molecule has 4 amide bonds. The molecule has 16 heteroatoms. The highest BCUT2D eigenvalue weighted by Gasteiger charge is 2.32. The van der Waals surface area contributed by atoms with Crippen LogP contribution in [0.25, 0.3) is 32.8 Å². The second kappa shape index (κ2) is 21.8. The number of hydrogen-bond acceptors (Lipinski definition) is 10. The SMILES string of the molecule is COc1cc2c(cc1CC(C)C)-n1c(-c3cccs3)nc(C(=O)NCCNC(C)=O)c1CC2.[2H]C([2H])([2H])N(CCN(C(=O)c1nc(-c2cccs2)n2c1CCc1cc(OC)c(CC(C)C)cc1-2)C([2H])([2H])[2H])C(C)=O. The second-order valence-electron chi connectivity index (χ2n) is 17.7. The minimum atomic E-state index is -2.89. The predicted octanol–water partition coefficient (Wildman–Crippen LogP) is 8.23. The Morgan fingerprint density at radius 2 is 1.19 bits per heavy atom. The van der Waals surface area contributed by atoms with Gasteiger partial charge in [0.15, 0.2) is 17.3 Å². The zero-order valence-corrected chi connectivity index (χ0v) is 41.6. The lowest BCUT2D eigenvalue weighted by molar-refractivity contribution is -0.127. The van der Waals surface area contributed by atoms with Gasteiger partial charge in [0.25, 0.3) is 11.8 Å². The number of nitrogens with zero attached hydrogens (tertiary/aromatic N) is 6. The van der Waals surface area contributed by atoms with Gasteiger partial charge in [-0.05, 0) is 120 Å². The molecule has 2 aliphatic rings. The van der Waals surface area contributed by atoms with E-state index in [1.807, 2.05) is 45.7 Å². The van der Waals surface area contributed by atoms with Crippen molar-refractivity contribution in [3.8, 4) is 44.3 Å². The van der Waals surface area contributed by atoms with Gasteiger partial charge in [0.05, 0.1) is 46.7 Å². The lowest BCUT2D eigenvalue weighted by Gasteiger charge is -2.25. The third-order valence-electron chi connectivity index (χ3n) is 11.8. The molecule has 0 saturated carbocycles. The first-order chi connectivity index (χ1) is 35.0. The molecule has 0 fully saturated rings. The van der Waals surface area contributed by atoms with Crippen molar-refractivity contribution >= 4 is 46.3 Å². The Balaban J connectivity index is 0.000000221. The van der Waals surface area contributed by atoms with Gasteiger partial charge in [-0.3, -0.25) is 28.3 Å². The summed E-state index contributed by atoms with van der Waals surface area (Å²) in [6, 6.07) is 16.2. The molecule has 8 rings (SSSR count). The van der Waals surface area contributed by atoms with Gasteiger partial charge in [-0.25, -0.2) is 9.97 Å². The fraction of sp³-hybridized carbons (Fsp3) is 0.423. The van der Waals surface area contributed by atoms with Crippen LogP contribution in [0.3, 0.4) is 0 Å². The van der Waals surface area contributed by atoms with Crippen LogP contribution in [0.4, 0.5) is 0 Å². The smallest absolute Gasteiger partial charge is 0.274 e. The van der Waals surface area contributed by atoms with Gasteiger partial charge >= 0.3 is 0 Å². The molecule has 2 aliphatic heterocycles. The maximum absolute atomic E-state index is 13.9. The van der Waals surface area contributed by atoms with Gasteiger partial charge in [-0.2, -0.15) is 0 Å². The average molecular weight is 967 g/mol. The molecule has 2 aromatic carbocycles. The molecule has 14 nitrogen and oxygen atoms in total. The minimum Gasteiger partial charge on any atom is -0.496 e. The van der Waals surface area contributed by atoms with E-state index in [9.17, 15) is 19.2 Å². The highest BCUT2D eigenvalue weighted by atomic mass is 32.1. The number of aryl methyl sites for hydroxylation is 2. The van der Waals surface area contributed by atoms with Crippen molar-refractivity contribution in [2.45, 2.75) is 80.1 Å². The molecule has 4 aromatic heterocycles. The summed E-state index contributed by atoms with van der Waals surface area (Å²) in [5.41, 5.74) is 8.29. The lowest BCUT2D eigenvalue weighted by Crippen LogP contribution is -2.37. The predicted molar refractivity (Wildman–Crippen MR) is 270 cm³/mol. The average Bonchev–Trinajstić information content (AvgIpc) is 4.17. The summed E-state index contributed by atoms with van der Waals surface area (Å²) in [4.78, 5) is 62.6. The van der Waals surface area contributed by atoms with Crippen molar-refractivity contribution < 1.29 is 36.9 Å². The van der Waals surface area contributed by atoms with Crippen LogP contribution in [0.1, 0.15) is 104 Å². The van der Waals surface area contributed by atoms with E-state index < -0.39 is 38.9 Å². The Bertz CT molecular complexity index is 3000. The molecule has 6 aromatic rings. The van der Waals surface area contributed by atoms with Gasteiger partial charge in [0.1, 0.15) is 17.2 Å². The number of carbonyl (C=O) groups excluding carboxylic acids is 4. The van der Waals surface area contributed by atoms with Gasteiger partial charge in [0, 0.05) is 62.2 Å². The number of thiophene rings is 2. The summed E-state index contributed by atoms with van der Waals surface area (Å²) in [6.07, 6.45) is 4.24. The van der Waals surface area contributed by atoms with Crippen LogP contribution in [0.2, 0.25) is 0 Å². The monoisotopic (exact) mass is 966 g/mol. The van der Waals surface area contributed by atoms with Crippen LogP contribution in [0.15, 0.2) is 59.3 Å². The number of imidazole rings is 2. The normalized spacial score (nSPS) is 14.0. The number of hydrogen-bond donors (Lipinski definition) is 2. The molecule has 0 spiro atoms. The van der Waals surface area contributed by atoms with E-state index in [2.05, 4.69) is 61.1 Å². The Kier molecular flexibility index (Phi) is 13.4. The number of aromatic nitrogens is 4. The zero-order valence-electron chi connectivity index (χ0n) is 45.9. The fourth-order valence-corrected chi connectivity index (χ4v) is 10.1. The number of amides is 4. The van der Waals surface area contributed by atoms with Crippen molar-refractivity contribution in [2.75, 3.05) is 54.4 Å². The number of fused-ring (bicyclic) bond motifs is 6. The second-order valence-corrected chi connectivity index (χ2v) is 19.6. The van der Waals surface area contributed by atoms with E-state index in [4.69, 9.17) is 27.7 Å². The summed E-state index contributed by atoms with van der Waals surface area (Å²) >= 11 is 3.06. The van der Waals surface area contributed by atoms with Crippen molar-refractivity contribution in [3.05, 3.63) is 104 Å². The van der Waals surface area contributed by atoms with Crippen LogP contribution in [0.5, 0.6) is 11.5 Å². The maximum atomic E-state index is 13.9. The Morgan fingerprint density at radius 3 is 1.63 bits per heavy atom. The highest BCUT2D eigenvalue weighted by molar-refractivity contribution is 7.13. The zero-order chi connectivity index (χ0) is 53.8. The standard InChI is InChI=1S/C27H34N4O3S.C25H30N4O3S/c1-17(2)14-20-15-22-19(16-23(20)34-6)9-10-21-25(27(33)30(5)12-11-29(4)18(3)32)28-26(31(21)22)24-8-7-13-35-24;1-15(2)12-18-13-20-17(14-21(18)32-4)7-8-19-23(25(31)27-10-9-26-16(3)30)28-24(29(19)20)22-6-5-11-33-22/h7-8,13,15-17H,9-12,14H2,1-6H3;5-6,11,13-15H,7-10,12H2,1-4H3,(H,26,30)(H,27,31)/i4D3,5D3;. The molecule has 0 atom stereocenters. The van der Waals surface area contributed by atoms with Crippen LogP contribution in [0, 0.1) is 11.8 Å². The summed E-state index contributed by atoms with van der Waals surface area (Å²) in [7, 11) is 3.37. The van der Waals surface area contributed by atoms with Gasteiger partial charge in [0.2, 0.25) is 11.8 Å². The Hall–Kier alpha value is -6.26. The van der Waals surface area contributed by atoms with E-state index >= 15 is 0 Å². The summed E-state index contributed by atoms with van der Waals surface area (Å²) in [5, 5.41) is 9.52. The number of ether oxygens (including phenoxy) is 2. The van der Waals surface area contributed by atoms with E-state index in [0.29, 0.717) is 71.2 Å². The molecule has 0 unspecified atom stereocenters. The quantitative estimate of drug-likeness (QED) is 0.0921. The van der Waals surface area contributed by atoms with Crippen LogP contribution < -0.4 is 20.1 Å². The molecule has 2 N–H and O–H groups in total. The first-order valence-electron chi connectivity index (χ1n) is 25.9. The van der Waals surface area contributed by atoms with Gasteiger partial charge < -0.3 is 29.9 Å². The van der Waals surface area contributed by atoms with Crippen LogP contribution in [-0.2, 0) is 48.1 Å². The van der Waals surface area contributed by atoms with E-state index in [-0.39, 0.29) is 17.5 Å². The van der Waals surface area contributed by atoms with Gasteiger partial charge in [-0.1, -0.05) is 39.8 Å². The molecule has 0 aliphatic carbocycles. The molecule has 0 radical (unpaired) electrons. The topological polar surface area (TPSA) is 153 Å². The number of benzene rings is 2. The van der Waals surface area contributed by atoms with Crippen LogP contribution in [-0.4, -0.2) is 107 Å². The van der Waals surface area contributed by atoms with Crippen molar-refractivity contribution in [2.24, 2.45) is 11.8 Å². The molecule has 6 heterocycles. The number of methoxy groups -OCH3 is 2. The first kappa shape index (κ1) is 41.9. The molecular formula is C52H64N8O6S2. The summed E-state index contributed by atoms with van der Waals surface area (Å²) in [5.74, 6) is 1.97. The largest absolute Gasteiger partial charge is 0.496 e. The van der Waals surface area contributed by atoms with E-state index in [1.54, 1.807) is 25.6 Å². The van der Waals surface area contributed by atoms with Gasteiger partial charge in [-0.15, -0.1) is 22.7 Å². The van der Waals surface area contributed by atoms with Crippen molar-refractivity contribution in [1.82, 2.24) is 39.5 Å². The number of rotatable bonds is 16. The number of likely N-dealkylation sites (N-methyl/N-ethyl adjacent to an activating group) is 2. The number of carbonyl (C=O) groups is 4. The maximum Gasteiger partial charge on any atom is 0.274 e. The van der Waals surface area contributed by atoms with Crippen molar-refractivity contribution in [1.29, 1.82) is 0 Å². The minimum absolute atomic E-state index is 0.000314. The fourth-order valence-electron chi connectivity index (χ4n) is 8.68. The Labute approximate surface area is 416 Å². The molecule has 0 bridgehead atoms. The van der Waals surface area contributed by atoms with Crippen molar-refractivity contribution in [3.63, 3.8) is 0 Å².